The van der Waals surface area contributed by atoms with Crippen LogP contribution in [0.25, 0.3) is 0 Å². The first kappa shape index (κ1) is 12.4. The zero-order valence-corrected chi connectivity index (χ0v) is 8.63. The summed E-state index contributed by atoms with van der Waals surface area (Å²) in [6.07, 6.45) is 0.814. The van der Waals surface area contributed by atoms with Crippen molar-refractivity contribution in [3.63, 3.8) is 0 Å². The number of carbonyl (C=O) groups is 1. The Morgan fingerprint density at radius 1 is 1.69 bits per heavy atom. The normalized spacial score (nSPS) is 17.8. The molecule has 2 atom stereocenters. The molecule has 0 heterocycles. The first-order valence-corrected chi connectivity index (χ1v) is 4.60. The summed E-state index contributed by atoms with van der Waals surface area (Å²) >= 11 is 0. The maximum Gasteiger partial charge on any atom is 0.221 e. The Balaban J connectivity index is 3.92. The summed E-state index contributed by atoms with van der Waals surface area (Å²) in [5, 5.41) is 12.2. The van der Waals surface area contributed by atoms with Crippen LogP contribution >= 0.6 is 0 Å². The topological polar surface area (TPSA) is 75.3 Å². The molecule has 0 aliphatic heterocycles. The zero-order valence-electron chi connectivity index (χ0n) is 8.63. The number of nitrogens with two attached hydrogens (primary N) is 1. The van der Waals surface area contributed by atoms with Crippen LogP contribution in [0.4, 0.5) is 0 Å². The Labute approximate surface area is 79.5 Å². The van der Waals surface area contributed by atoms with E-state index in [0.717, 1.165) is 6.42 Å². The molecule has 13 heavy (non-hydrogen) atoms. The van der Waals surface area contributed by atoms with Gasteiger partial charge in [0.2, 0.25) is 5.91 Å². The van der Waals surface area contributed by atoms with Gasteiger partial charge in [-0.3, -0.25) is 4.79 Å². The van der Waals surface area contributed by atoms with E-state index >= 15 is 0 Å². The van der Waals surface area contributed by atoms with Gasteiger partial charge in [0.05, 0.1) is 6.61 Å². The number of hydrogen-bond acceptors (Lipinski definition) is 3. The lowest BCUT2D eigenvalue weighted by atomic mass is 9.99. The van der Waals surface area contributed by atoms with Gasteiger partial charge in [-0.25, -0.2) is 0 Å². The van der Waals surface area contributed by atoms with E-state index in [4.69, 9.17) is 10.8 Å². The molecule has 0 aliphatic carbocycles. The third kappa shape index (κ3) is 4.24. The monoisotopic (exact) mass is 188 g/mol. The molecular formula is C9H20N2O2. The molecule has 4 heteroatoms. The maximum absolute atomic E-state index is 10.7. The zero-order chi connectivity index (χ0) is 10.5. The van der Waals surface area contributed by atoms with Gasteiger partial charge in [-0.1, -0.05) is 13.8 Å². The lowest BCUT2D eigenvalue weighted by Crippen LogP contribution is -2.48. The largest absolute Gasteiger partial charge is 0.394 e. The Bertz CT molecular complexity index is 167. The number of amides is 1. The average molecular weight is 188 g/mol. The fourth-order valence-corrected chi connectivity index (χ4v) is 0.793. The second-order valence-electron chi connectivity index (χ2n) is 3.76. The first-order chi connectivity index (χ1) is 5.95. The highest BCUT2D eigenvalue weighted by Gasteiger charge is 2.21. The summed E-state index contributed by atoms with van der Waals surface area (Å²) < 4.78 is 0. The molecule has 4 N–H and O–H groups in total. The Morgan fingerprint density at radius 2 is 2.23 bits per heavy atom. The van der Waals surface area contributed by atoms with E-state index in [0.29, 0.717) is 6.54 Å². The molecule has 0 rings (SSSR count). The molecule has 0 bridgehead atoms. The van der Waals surface area contributed by atoms with E-state index in [1.165, 1.54) is 0 Å². The SMILES string of the molecule is CCC(C)(CO)NCC(C)C(N)=O. The van der Waals surface area contributed by atoms with Crippen molar-refractivity contribution < 1.29 is 9.90 Å². The van der Waals surface area contributed by atoms with Crippen molar-refractivity contribution in [2.75, 3.05) is 13.2 Å². The number of rotatable bonds is 6. The van der Waals surface area contributed by atoms with Crippen molar-refractivity contribution in [3.8, 4) is 0 Å². The fraction of sp³-hybridized carbons (Fsp3) is 0.889. The second-order valence-corrected chi connectivity index (χ2v) is 3.76. The summed E-state index contributed by atoms with van der Waals surface area (Å²) in [5.41, 5.74) is 4.80. The van der Waals surface area contributed by atoms with Crippen LogP contribution in [-0.2, 0) is 4.79 Å². The van der Waals surface area contributed by atoms with Crippen LogP contribution in [0.2, 0.25) is 0 Å². The van der Waals surface area contributed by atoms with E-state index in [1.54, 1.807) is 6.92 Å². The van der Waals surface area contributed by atoms with Crippen LogP contribution in [0.5, 0.6) is 0 Å². The predicted molar refractivity (Wildman–Crippen MR) is 52.1 cm³/mol. The van der Waals surface area contributed by atoms with Crippen LogP contribution in [0.15, 0.2) is 0 Å². The third-order valence-corrected chi connectivity index (χ3v) is 2.45. The van der Waals surface area contributed by atoms with E-state index in [-0.39, 0.29) is 24.0 Å². The van der Waals surface area contributed by atoms with E-state index in [2.05, 4.69) is 5.32 Å². The van der Waals surface area contributed by atoms with Gasteiger partial charge in [-0.05, 0) is 13.3 Å². The highest BCUT2D eigenvalue weighted by molar-refractivity contribution is 5.76. The molecule has 0 aromatic heterocycles. The summed E-state index contributed by atoms with van der Waals surface area (Å²) in [5.74, 6) is -0.513. The van der Waals surface area contributed by atoms with Crippen molar-refractivity contribution in [1.29, 1.82) is 0 Å². The molecule has 2 unspecified atom stereocenters. The third-order valence-electron chi connectivity index (χ3n) is 2.45. The van der Waals surface area contributed by atoms with Crippen LogP contribution in [-0.4, -0.2) is 29.7 Å². The molecule has 0 aromatic carbocycles. The molecule has 0 radical (unpaired) electrons. The van der Waals surface area contributed by atoms with Crippen molar-refractivity contribution in [3.05, 3.63) is 0 Å². The van der Waals surface area contributed by atoms with Crippen molar-refractivity contribution in [1.82, 2.24) is 5.32 Å². The van der Waals surface area contributed by atoms with Crippen molar-refractivity contribution >= 4 is 5.91 Å². The van der Waals surface area contributed by atoms with E-state index in [9.17, 15) is 4.79 Å². The number of nitrogens with one attached hydrogen (secondary N) is 1. The second kappa shape index (κ2) is 5.19. The van der Waals surface area contributed by atoms with Gasteiger partial charge in [-0.15, -0.1) is 0 Å². The van der Waals surface area contributed by atoms with Crippen LogP contribution in [0, 0.1) is 5.92 Å². The minimum absolute atomic E-state index is 0.0645. The van der Waals surface area contributed by atoms with Gasteiger partial charge in [0, 0.05) is 18.0 Å². The Morgan fingerprint density at radius 3 is 2.54 bits per heavy atom. The molecule has 78 valence electrons. The molecule has 0 aromatic rings. The maximum atomic E-state index is 10.7. The molecule has 4 nitrogen and oxygen atoms in total. The summed E-state index contributed by atoms with van der Waals surface area (Å²) in [6.45, 7) is 6.25. The molecule has 1 amide bonds. The van der Waals surface area contributed by atoms with Crippen molar-refractivity contribution in [2.24, 2.45) is 11.7 Å². The minimum atomic E-state index is -0.316. The van der Waals surface area contributed by atoms with Gasteiger partial charge >= 0.3 is 0 Å². The molecule has 0 fully saturated rings. The molecule has 0 aliphatic rings. The van der Waals surface area contributed by atoms with Crippen molar-refractivity contribution in [2.45, 2.75) is 32.7 Å². The summed E-state index contributed by atoms with van der Waals surface area (Å²) in [4.78, 5) is 10.7. The number of primary amides is 1. The van der Waals surface area contributed by atoms with Crippen LogP contribution in [0.3, 0.4) is 0 Å². The van der Waals surface area contributed by atoms with Gasteiger partial charge in [0.25, 0.3) is 0 Å². The Hall–Kier alpha value is -0.610. The van der Waals surface area contributed by atoms with Crippen LogP contribution < -0.4 is 11.1 Å². The number of aliphatic hydroxyl groups is 1. The van der Waals surface area contributed by atoms with Gasteiger partial charge in [0.1, 0.15) is 0 Å². The first-order valence-electron chi connectivity index (χ1n) is 4.60. The summed E-state index contributed by atoms with van der Waals surface area (Å²) in [7, 11) is 0. The molecular weight excluding hydrogens is 168 g/mol. The van der Waals surface area contributed by atoms with Gasteiger partial charge in [-0.2, -0.15) is 0 Å². The number of aliphatic hydroxyl groups excluding tert-OH is 1. The minimum Gasteiger partial charge on any atom is -0.394 e. The van der Waals surface area contributed by atoms with Gasteiger partial charge < -0.3 is 16.2 Å². The molecule has 0 spiro atoms. The highest BCUT2D eigenvalue weighted by atomic mass is 16.3. The molecule has 0 saturated carbocycles. The average Bonchev–Trinajstić information content (AvgIpc) is 2.13. The predicted octanol–water partition coefficient (Wildman–Crippen LogP) is -0.142. The molecule has 0 saturated heterocycles. The van der Waals surface area contributed by atoms with E-state index in [1.807, 2.05) is 13.8 Å². The lowest BCUT2D eigenvalue weighted by molar-refractivity contribution is -0.121. The quantitative estimate of drug-likeness (QED) is 0.543. The highest BCUT2D eigenvalue weighted by Crippen LogP contribution is 2.08. The number of hydrogen-bond donors (Lipinski definition) is 3. The summed E-state index contributed by atoms with van der Waals surface area (Å²) in [6, 6.07) is 0. The van der Waals surface area contributed by atoms with Gasteiger partial charge in [0.15, 0.2) is 0 Å². The fourth-order valence-electron chi connectivity index (χ4n) is 0.793. The Kier molecular flexibility index (Phi) is 4.95. The van der Waals surface area contributed by atoms with Crippen LogP contribution in [0.1, 0.15) is 27.2 Å². The van der Waals surface area contributed by atoms with E-state index < -0.39 is 0 Å². The standard InChI is InChI=1S/C9H20N2O2/c1-4-9(3,6-12)11-5-7(2)8(10)13/h7,11-12H,4-6H2,1-3H3,(H2,10,13). The number of carbonyl (C=O) groups excluding carboxylic acids is 1. The smallest absolute Gasteiger partial charge is 0.221 e. The lowest BCUT2D eigenvalue weighted by Gasteiger charge is -2.28.